The van der Waals surface area contributed by atoms with Crippen molar-refractivity contribution in [2.45, 2.75) is 32.2 Å². The van der Waals surface area contributed by atoms with Gasteiger partial charge in [-0.05, 0) is 6.42 Å². The molecule has 0 unspecified atom stereocenters. The normalized spacial score (nSPS) is 11.6. The zero-order chi connectivity index (χ0) is 15.0. The number of aromatic nitrogens is 6. The average molecular weight is 307 g/mol. The first-order valence-corrected chi connectivity index (χ1v) is 7.62. The summed E-state index contributed by atoms with van der Waals surface area (Å²) in [5.74, 6) is 2.21. The zero-order valence-electron chi connectivity index (χ0n) is 12.5. The van der Waals surface area contributed by atoms with Crippen molar-refractivity contribution in [2.75, 3.05) is 0 Å². The van der Waals surface area contributed by atoms with Gasteiger partial charge >= 0.3 is 0 Å². The second-order valence-corrected chi connectivity index (χ2v) is 5.46. The van der Waals surface area contributed by atoms with Gasteiger partial charge in [-0.3, -0.25) is 4.68 Å². The van der Waals surface area contributed by atoms with E-state index in [1.165, 1.54) is 0 Å². The number of nitrogens with zero attached hydrogens (tertiary/aromatic N) is 6. The van der Waals surface area contributed by atoms with Crippen molar-refractivity contribution in [3.63, 3.8) is 0 Å². The monoisotopic (exact) mass is 306 g/mol. The minimum Gasteiger partial charge on any atom is -0.337 e. The Balaban J connectivity index is 2.14. The molecule has 3 rings (SSSR count). The lowest BCUT2D eigenvalue weighted by atomic mass is 10.2. The van der Waals surface area contributed by atoms with Crippen molar-refractivity contribution in [1.82, 2.24) is 28.9 Å². The number of rotatable bonds is 5. The molecule has 0 fully saturated rings. The molecule has 0 amide bonds. The molecule has 0 N–H and O–H groups in total. The molecule has 0 saturated heterocycles. The summed E-state index contributed by atoms with van der Waals surface area (Å²) in [6.07, 6.45) is 5.72. The van der Waals surface area contributed by atoms with Gasteiger partial charge in [-0.1, -0.05) is 13.3 Å². The third-order valence-electron chi connectivity index (χ3n) is 3.70. The van der Waals surface area contributed by atoms with Crippen LogP contribution in [0.4, 0.5) is 0 Å². The molecule has 0 bridgehead atoms. The highest BCUT2D eigenvalue weighted by atomic mass is 35.5. The van der Waals surface area contributed by atoms with Gasteiger partial charge in [0.1, 0.15) is 17.2 Å². The maximum Gasteiger partial charge on any atom is 0.159 e. The van der Waals surface area contributed by atoms with E-state index in [1.54, 1.807) is 6.20 Å². The first kappa shape index (κ1) is 14.1. The van der Waals surface area contributed by atoms with Crippen molar-refractivity contribution in [2.24, 2.45) is 14.1 Å². The van der Waals surface area contributed by atoms with Gasteiger partial charge in [0, 0.05) is 26.5 Å². The molecule has 7 heteroatoms. The van der Waals surface area contributed by atoms with E-state index in [4.69, 9.17) is 16.6 Å². The first-order valence-electron chi connectivity index (χ1n) is 7.08. The van der Waals surface area contributed by atoms with Crippen LogP contribution in [0.3, 0.4) is 0 Å². The molecule has 3 aromatic heterocycles. The molecule has 0 aliphatic rings. The number of aryl methyl sites for hydroxylation is 3. The fourth-order valence-electron chi connectivity index (χ4n) is 2.65. The topological polar surface area (TPSA) is 53.5 Å². The Kier molecular flexibility index (Phi) is 3.71. The predicted molar refractivity (Wildman–Crippen MR) is 82.4 cm³/mol. The number of hydrogen-bond acceptors (Lipinski definition) is 3. The Labute approximate surface area is 128 Å². The Bertz CT molecular complexity index is 766. The summed E-state index contributed by atoms with van der Waals surface area (Å²) in [7, 11) is 3.94. The third-order valence-corrected chi connectivity index (χ3v) is 3.94. The van der Waals surface area contributed by atoms with Gasteiger partial charge in [0.25, 0.3) is 0 Å². The highest BCUT2D eigenvalue weighted by Gasteiger charge is 2.19. The molecule has 3 heterocycles. The van der Waals surface area contributed by atoms with E-state index in [0.717, 1.165) is 41.3 Å². The van der Waals surface area contributed by atoms with Crippen molar-refractivity contribution in [3.05, 3.63) is 29.7 Å². The van der Waals surface area contributed by atoms with E-state index in [0.29, 0.717) is 12.4 Å². The Morgan fingerprint density at radius 1 is 1.24 bits per heavy atom. The molecule has 112 valence electrons. The van der Waals surface area contributed by atoms with E-state index in [1.807, 2.05) is 29.5 Å². The van der Waals surface area contributed by atoms with Crippen LogP contribution in [-0.2, 0) is 32.9 Å². The van der Waals surface area contributed by atoms with Gasteiger partial charge in [0.15, 0.2) is 5.65 Å². The van der Waals surface area contributed by atoms with Crippen LogP contribution in [0.1, 0.15) is 30.7 Å². The fraction of sp³-hybridized carbons (Fsp3) is 0.500. The van der Waals surface area contributed by atoms with Crippen molar-refractivity contribution in [3.8, 4) is 0 Å². The quantitative estimate of drug-likeness (QED) is 0.679. The maximum absolute atomic E-state index is 6.08. The number of halogens is 1. The van der Waals surface area contributed by atoms with Crippen LogP contribution in [0, 0.1) is 0 Å². The van der Waals surface area contributed by atoms with Crippen LogP contribution in [0.25, 0.3) is 11.2 Å². The Morgan fingerprint density at radius 3 is 2.67 bits per heavy atom. The lowest BCUT2D eigenvalue weighted by Crippen LogP contribution is -2.11. The summed E-state index contributed by atoms with van der Waals surface area (Å²) in [4.78, 5) is 9.08. The highest BCUT2D eigenvalue weighted by Crippen LogP contribution is 2.22. The van der Waals surface area contributed by atoms with Crippen molar-refractivity contribution >= 4 is 22.8 Å². The summed E-state index contributed by atoms with van der Waals surface area (Å²) >= 11 is 6.08. The van der Waals surface area contributed by atoms with Crippen LogP contribution < -0.4 is 0 Å². The van der Waals surface area contributed by atoms with Gasteiger partial charge < -0.3 is 9.13 Å². The number of hydrogen-bond donors (Lipinski definition) is 0. The van der Waals surface area contributed by atoms with Crippen LogP contribution in [-0.4, -0.2) is 28.9 Å². The SMILES string of the molecule is CCCc1nn(C)c2c1nc(CCl)n2Cc1nccn1C. The van der Waals surface area contributed by atoms with Crippen LogP contribution in [0.2, 0.25) is 0 Å². The summed E-state index contributed by atoms with van der Waals surface area (Å²) in [6, 6.07) is 0. The van der Waals surface area contributed by atoms with E-state index >= 15 is 0 Å². The molecule has 0 aromatic carbocycles. The van der Waals surface area contributed by atoms with Gasteiger partial charge in [-0.2, -0.15) is 5.10 Å². The van der Waals surface area contributed by atoms with E-state index in [9.17, 15) is 0 Å². The lowest BCUT2D eigenvalue weighted by Gasteiger charge is -2.08. The lowest BCUT2D eigenvalue weighted by molar-refractivity contribution is 0.657. The second-order valence-electron chi connectivity index (χ2n) is 5.19. The van der Waals surface area contributed by atoms with Crippen molar-refractivity contribution < 1.29 is 0 Å². The molecular formula is C14H19ClN6. The Morgan fingerprint density at radius 2 is 2.05 bits per heavy atom. The summed E-state index contributed by atoms with van der Waals surface area (Å²) in [5.41, 5.74) is 3.02. The molecular weight excluding hydrogens is 288 g/mol. The van der Waals surface area contributed by atoms with Gasteiger partial charge in [-0.25, -0.2) is 9.97 Å². The second kappa shape index (κ2) is 5.52. The van der Waals surface area contributed by atoms with Crippen LogP contribution in [0.5, 0.6) is 0 Å². The molecule has 21 heavy (non-hydrogen) atoms. The molecule has 0 aliphatic heterocycles. The average Bonchev–Trinajstić information content (AvgIpc) is 3.10. The molecule has 0 aliphatic carbocycles. The molecule has 0 atom stereocenters. The molecule has 0 saturated carbocycles. The predicted octanol–water partition coefficient (Wildman–Crippen LogP) is 2.24. The third kappa shape index (κ3) is 2.33. The van der Waals surface area contributed by atoms with E-state index in [2.05, 4.69) is 21.6 Å². The van der Waals surface area contributed by atoms with E-state index in [-0.39, 0.29) is 0 Å². The summed E-state index contributed by atoms with van der Waals surface area (Å²) in [6.45, 7) is 2.79. The number of imidazole rings is 2. The Hall–Kier alpha value is -1.82. The number of fused-ring (bicyclic) bond motifs is 1. The first-order chi connectivity index (χ1) is 10.2. The molecule has 0 radical (unpaired) electrons. The minimum atomic E-state index is 0.380. The standard InChI is InChI=1S/C14H19ClN6/c1-4-5-10-13-14(20(3)18-10)21(11(8-15)17-13)9-12-16-6-7-19(12)2/h6-7H,4-5,8-9H2,1-3H3. The van der Waals surface area contributed by atoms with Gasteiger partial charge in [-0.15, -0.1) is 11.6 Å². The summed E-state index contributed by atoms with van der Waals surface area (Å²) < 4.78 is 6.01. The molecule has 6 nitrogen and oxygen atoms in total. The fourth-order valence-corrected chi connectivity index (χ4v) is 2.85. The van der Waals surface area contributed by atoms with Gasteiger partial charge in [0.2, 0.25) is 0 Å². The maximum atomic E-state index is 6.08. The van der Waals surface area contributed by atoms with Crippen LogP contribution in [0.15, 0.2) is 12.4 Å². The molecule has 3 aromatic rings. The number of alkyl halides is 1. The molecule has 0 spiro atoms. The largest absolute Gasteiger partial charge is 0.337 e. The van der Waals surface area contributed by atoms with Crippen molar-refractivity contribution in [1.29, 1.82) is 0 Å². The van der Waals surface area contributed by atoms with E-state index < -0.39 is 0 Å². The van der Waals surface area contributed by atoms with Crippen LogP contribution >= 0.6 is 11.6 Å². The van der Waals surface area contributed by atoms with Gasteiger partial charge in [0.05, 0.1) is 18.1 Å². The summed E-state index contributed by atoms with van der Waals surface area (Å²) in [5, 5.41) is 4.59. The zero-order valence-corrected chi connectivity index (χ0v) is 13.3. The minimum absolute atomic E-state index is 0.380. The smallest absolute Gasteiger partial charge is 0.159 e. The highest BCUT2D eigenvalue weighted by molar-refractivity contribution is 6.16.